The maximum absolute atomic E-state index is 12.9. The summed E-state index contributed by atoms with van der Waals surface area (Å²) in [4.78, 5) is 3.80. The average molecular weight is 253 g/mol. The number of aliphatic hydroxyl groups is 1. The molecule has 2 aromatic rings. The molecule has 1 N–H and O–H groups in total. The van der Waals surface area contributed by atoms with Crippen LogP contribution in [0.15, 0.2) is 42.6 Å². The molecule has 0 amide bonds. The van der Waals surface area contributed by atoms with Crippen molar-refractivity contribution in [2.45, 2.75) is 12.8 Å². The Morgan fingerprint density at radius 1 is 1.11 bits per heavy atom. The summed E-state index contributed by atoms with van der Waals surface area (Å²) in [6.07, 6.45) is -3.33. The molecular formula is C13H10F3NO. The fourth-order valence-electron chi connectivity index (χ4n) is 1.67. The van der Waals surface area contributed by atoms with Gasteiger partial charge in [-0.05, 0) is 11.6 Å². The van der Waals surface area contributed by atoms with Gasteiger partial charge in [-0.15, -0.1) is 0 Å². The SMILES string of the molecule is OCc1cc(C(F)(F)F)c(-c2ccccc2)cn1. The first-order valence-corrected chi connectivity index (χ1v) is 5.25. The van der Waals surface area contributed by atoms with E-state index in [-0.39, 0.29) is 11.3 Å². The highest BCUT2D eigenvalue weighted by Crippen LogP contribution is 2.36. The number of benzene rings is 1. The van der Waals surface area contributed by atoms with Gasteiger partial charge in [-0.25, -0.2) is 0 Å². The van der Waals surface area contributed by atoms with Crippen molar-refractivity contribution in [2.75, 3.05) is 0 Å². The van der Waals surface area contributed by atoms with Crippen LogP contribution in [0.5, 0.6) is 0 Å². The van der Waals surface area contributed by atoms with Gasteiger partial charge in [0.25, 0.3) is 0 Å². The minimum Gasteiger partial charge on any atom is -0.390 e. The first-order valence-electron chi connectivity index (χ1n) is 5.25. The number of hydrogen-bond donors (Lipinski definition) is 1. The quantitative estimate of drug-likeness (QED) is 0.891. The molecule has 0 fully saturated rings. The van der Waals surface area contributed by atoms with E-state index in [1.54, 1.807) is 30.3 Å². The van der Waals surface area contributed by atoms with Gasteiger partial charge >= 0.3 is 6.18 Å². The predicted octanol–water partition coefficient (Wildman–Crippen LogP) is 3.26. The van der Waals surface area contributed by atoms with Gasteiger partial charge in [0.15, 0.2) is 0 Å². The van der Waals surface area contributed by atoms with Crippen LogP contribution in [0.3, 0.4) is 0 Å². The topological polar surface area (TPSA) is 33.1 Å². The standard InChI is InChI=1S/C13H10F3NO/c14-13(15,16)12-6-10(8-18)17-7-11(12)9-4-2-1-3-5-9/h1-7,18H,8H2. The summed E-state index contributed by atoms with van der Waals surface area (Å²) in [6, 6.07) is 9.11. The zero-order chi connectivity index (χ0) is 13.2. The monoisotopic (exact) mass is 253 g/mol. The van der Waals surface area contributed by atoms with Gasteiger partial charge in [-0.3, -0.25) is 4.98 Å². The Bertz CT molecular complexity index is 538. The zero-order valence-corrected chi connectivity index (χ0v) is 9.28. The van der Waals surface area contributed by atoms with Crippen LogP contribution in [-0.4, -0.2) is 10.1 Å². The van der Waals surface area contributed by atoms with Crippen LogP contribution in [0, 0.1) is 0 Å². The van der Waals surface area contributed by atoms with Crippen LogP contribution in [-0.2, 0) is 12.8 Å². The first kappa shape index (κ1) is 12.6. The molecule has 0 saturated heterocycles. The molecule has 94 valence electrons. The second kappa shape index (κ2) is 4.78. The van der Waals surface area contributed by atoms with Gasteiger partial charge in [0.1, 0.15) is 0 Å². The predicted molar refractivity (Wildman–Crippen MR) is 60.6 cm³/mol. The van der Waals surface area contributed by atoms with E-state index in [4.69, 9.17) is 5.11 Å². The van der Waals surface area contributed by atoms with E-state index in [1.807, 2.05) is 0 Å². The third-order valence-corrected chi connectivity index (χ3v) is 2.51. The fraction of sp³-hybridized carbons (Fsp3) is 0.154. The van der Waals surface area contributed by atoms with Gasteiger partial charge in [0.2, 0.25) is 0 Å². The van der Waals surface area contributed by atoms with Crippen molar-refractivity contribution in [3.05, 3.63) is 53.9 Å². The van der Waals surface area contributed by atoms with Gasteiger partial charge in [-0.1, -0.05) is 30.3 Å². The highest BCUT2D eigenvalue weighted by molar-refractivity contribution is 5.67. The molecule has 0 saturated carbocycles. The molecule has 1 aromatic heterocycles. The smallest absolute Gasteiger partial charge is 0.390 e. The van der Waals surface area contributed by atoms with E-state index in [2.05, 4.69) is 4.98 Å². The van der Waals surface area contributed by atoms with E-state index in [9.17, 15) is 13.2 Å². The largest absolute Gasteiger partial charge is 0.417 e. The van der Waals surface area contributed by atoms with Crippen LogP contribution in [0.4, 0.5) is 13.2 Å². The number of hydrogen-bond acceptors (Lipinski definition) is 2. The van der Waals surface area contributed by atoms with Gasteiger partial charge in [-0.2, -0.15) is 13.2 Å². The molecule has 0 aliphatic rings. The Kier molecular flexibility index (Phi) is 3.34. The number of aliphatic hydroxyl groups excluding tert-OH is 1. The molecule has 1 aromatic carbocycles. The molecule has 2 nitrogen and oxygen atoms in total. The Balaban J connectivity index is 2.61. The summed E-state index contributed by atoms with van der Waals surface area (Å²) in [5.41, 5.74) is -0.322. The molecule has 5 heteroatoms. The summed E-state index contributed by atoms with van der Waals surface area (Å²) < 4.78 is 38.8. The van der Waals surface area contributed by atoms with Gasteiger partial charge < -0.3 is 5.11 Å². The maximum Gasteiger partial charge on any atom is 0.417 e. The Labute approximate surface area is 102 Å². The van der Waals surface area contributed by atoms with Gasteiger partial charge in [0, 0.05) is 11.8 Å². The summed E-state index contributed by atoms with van der Waals surface area (Å²) in [5, 5.41) is 8.86. The lowest BCUT2D eigenvalue weighted by molar-refractivity contribution is -0.137. The highest BCUT2D eigenvalue weighted by Gasteiger charge is 2.34. The number of pyridine rings is 1. The molecule has 0 radical (unpaired) electrons. The number of nitrogens with zero attached hydrogens (tertiary/aromatic N) is 1. The summed E-state index contributed by atoms with van der Waals surface area (Å²) in [5.74, 6) is 0. The molecule has 2 rings (SSSR count). The second-order valence-electron chi connectivity index (χ2n) is 3.74. The van der Waals surface area contributed by atoms with Crippen molar-refractivity contribution in [3.8, 4) is 11.1 Å². The number of alkyl halides is 3. The lowest BCUT2D eigenvalue weighted by atomic mass is 10.0. The van der Waals surface area contributed by atoms with E-state index >= 15 is 0 Å². The lowest BCUT2D eigenvalue weighted by Crippen LogP contribution is -2.09. The number of rotatable bonds is 2. The maximum atomic E-state index is 12.9. The van der Waals surface area contributed by atoms with E-state index in [1.165, 1.54) is 0 Å². The Morgan fingerprint density at radius 3 is 2.33 bits per heavy atom. The van der Waals surface area contributed by atoms with E-state index < -0.39 is 18.3 Å². The van der Waals surface area contributed by atoms with E-state index in [0.717, 1.165) is 12.3 Å². The third kappa shape index (κ3) is 2.51. The second-order valence-corrected chi connectivity index (χ2v) is 3.74. The zero-order valence-electron chi connectivity index (χ0n) is 9.28. The van der Waals surface area contributed by atoms with Gasteiger partial charge in [0.05, 0.1) is 17.9 Å². The van der Waals surface area contributed by atoms with Crippen molar-refractivity contribution in [1.82, 2.24) is 4.98 Å². The first-order chi connectivity index (χ1) is 8.52. The molecule has 1 heterocycles. The van der Waals surface area contributed by atoms with Crippen LogP contribution in [0.2, 0.25) is 0 Å². The third-order valence-electron chi connectivity index (χ3n) is 2.51. The van der Waals surface area contributed by atoms with Crippen LogP contribution >= 0.6 is 0 Å². The normalized spacial score (nSPS) is 11.6. The number of halogens is 3. The Morgan fingerprint density at radius 2 is 1.78 bits per heavy atom. The molecule has 0 unspecified atom stereocenters. The lowest BCUT2D eigenvalue weighted by Gasteiger charge is -2.13. The van der Waals surface area contributed by atoms with Crippen molar-refractivity contribution in [1.29, 1.82) is 0 Å². The highest BCUT2D eigenvalue weighted by atomic mass is 19.4. The molecule has 0 bridgehead atoms. The molecule has 0 aliphatic heterocycles. The Hall–Kier alpha value is -1.88. The van der Waals surface area contributed by atoms with Crippen molar-refractivity contribution in [3.63, 3.8) is 0 Å². The molecule has 0 spiro atoms. The summed E-state index contributed by atoms with van der Waals surface area (Å²) in [7, 11) is 0. The van der Waals surface area contributed by atoms with Crippen molar-refractivity contribution in [2.24, 2.45) is 0 Å². The minimum atomic E-state index is -4.47. The fourth-order valence-corrected chi connectivity index (χ4v) is 1.67. The molecule has 18 heavy (non-hydrogen) atoms. The summed E-state index contributed by atoms with van der Waals surface area (Å²) in [6.45, 7) is -0.516. The van der Waals surface area contributed by atoms with Crippen molar-refractivity contribution < 1.29 is 18.3 Å². The average Bonchev–Trinajstić information content (AvgIpc) is 2.38. The van der Waals surface area contributed by atoms with Crippen LogP contribution < -0.4 is 0 Å². The summed E-state index contributed by atoms with van der Waals surface area (Å²) >= 11 is 0. The van der Waals surface area contributed by atoms with Crippen molar-refractivity contribution >= 4 is 0 Å². The number of aromatic nitrogens is 1. The van der Waals surface area contributed by atoms with E-state index in [0.29, 0.717) is 5.56 Å². The van der Waals surface area contributed by atoms with Crippen LogP contribution in [0.1, 0.15) is 11.3 Å². The molecular weight excluding hydrogens is 243 g/mol. The molecule has 0 aliphatic carbocycles. The van der Waals surface area contributed by atoms with Crippen LogP contribution in [0.25, 0.3) is 11.1 Å². The molecule has 0 atom stereocenters. The minimum absolute atomic E-state index is 0.00186.